The lowest BCUT2D eigenvalue weighted by atomic mass is 10.1. The highest BCUT2D eigenvalue weighted by Crippen LogP contribution is 2.46. The molecule has 2 N–H and O–H groups in total. The first-order valence-electron chi connectivity index (χ1n) is 8.37. The lowest BCUT2D eigenvalue weighted by Gasteiger charge is -2.10. The Morgan fingerprint density at radius 3 is 2.62 bits per heavy atom. The van der Waals surface area contributed by atoms with Crippen LogP contribution < -0.4 is 5.32 Å². The molecule has 0 unspecified atom stereocenters. The third-order valence-corrected chi connectivity index (χ3v) is 4.78. The molecule has 1 aliphatic rings. The SMILES string of the molecule is CC1(C(=O)Nc2cc3c(C=Cc4ccc(F)cc4)n[nH]c3cc2F)CC1. The fourth-order valence-corrected chi connectivity index (χ4v) is 2.72. The van der Waals surface area contributed by atoms with Crippen LogP contribution in [-0.2, 0) is 4.79 Å². The minimum absolute atomic E-state index is 0.147. The van der Waals surface area contributed by atoms with Crippen molar-refractivity contribution in [2.75, 3.05) is 5.32 Å². The number of carbonyl (C=O) groups excluding carboxylic acids is 1. The molecule has 1 aliphatic carbocycles. The number of anilines is 1. The van der Waals surface area contributed by atoms with E-state index in [0.29, 0.717) is 16.6 Å². The average Bonchev–Trinajstić information content (AvgIpc) is 3.26. The van der Waals surface area contributed by atoms with E-state index in [1.54, 1.807) is 30.4 Å². The first-order valence-corrected chi connectivity index (χ1v) is 8.37. The molecule has 0 saturated heterocycles. The zero-order chi connectivity index (χ0) is 18.3. The van der Waals surface area contributed by atoms with Gasteiger partial charge in [0, 0.05) is 16.9 Å². The highest BCUT2D eigenvalue weighted by atomic mass is 19.1. The van der Waals surface area contributed by atoms with Crippen molar-refractivity contribution in [1.82, 2.24) is 10.2 Å². The minimum Gasteiger partial charge on any atom is -0.323 e. The van der Waals surface area contributed by atoms with Crippen molar-refractivity contribution in [3.63, 3.8) is 0 Å². The molecule has 132 valence electrons. The second-order valence-electron chi connectivity index (χ2n) is 6.89. The normalized spacial score (nSPS) is 15.5. The Hall–Kier alpha value is -3.02. The topological polar surface area (TPSA) is 57.8 Å². The molecule has 0 atom stereocenters. The van der Waals surface area contributed by atoms with Crippen LogP contribution in [-0.4, -0.2) is 16.1 Å². The number of nitrogens with one attached hydrogen (secondary N) is 2. The molecule has 1 heterocycles. The van der Waals surface area contributed by atoms with Gasteiger partial charge in [0.25, 0.3) is 0 Å². The van der Waals surface area contributed by atoms with Crippen LogP contribution in [0.3, 0.4) is 0 Å². The highest BCUT2D eigenvalue weighted by molar-refractivity contribution is 5.99. The van der Waals surface area contributed by atoms with Crippen molar-refractivity contribution in [3.8, 4) is 0 Å². The Kier molecular flexibility index (Phi) is 3.83. The molecule has 0 bridgehead atoms. The van der Waals surface area contributed by atoms with Gasteiger partial charge in [-0.1, -0.05) is 25.1 Å². The standard InChI is InChI=1S/C20H17F2N3O/c1-20(8-9-20)19(26)23-18-10-14-16(24-25-17(14)11-15(18)22)7-4-12-2-5-13(21)6-3-12/h2-7,10-11H,8-9H2,1H3,(H,23,26)(H,24,25). The van der Waals surface area contributed by atoms with Crippen LogP contribution in [0.2, 0.25) is 0 Å². The first-order chi connectivity index (χ1) is 12.4. The Balaban J connectivity index is 1.64. The van der Waals surface area contributed by atoms with E-state index < -0.39 is 5.82 Å². The van der Waals surface area contributed by atoms with Gasteiger partial charge in [-0.3, -0.25) is 9.89 Å². The number of hydrogen-bond acceptors (Lipinski definition) is 2. The molecule has 3 aromatic rings. The summed E-state index contributed by atoms with van der Waals surface area (Å²) in [6.45, 7) is 1.87. The maximum Gasteiger partial charge on any atom is 0.230 e. The van der Waals surface area contributed by atoms with Crippen LogP contribution in [0.5, 0.6) is 0 Å². The second kappa shape index (κ2) is 6.05. The monoisotopic (exact) mass is 353 g/mol. The number of halogens is 2. The largest absolute Gasteiger partial charge is 0.323 e. The summed E-state index contributed by atoms with van der Waals surface area (Å²) in [6.07, 6.45) is 5.19. The van der Waals surface area contributed by atoms with Gasteiger partial charge in [0.15, 0.2) is 0 Å². The number of benzene rings is 2. The van der Waals surface area contributed by atoms with Gasteiger partial charge in [0.2, 0.25) is 5.91 Å². The maximum atomic E-state index is 14.3. The van der Waals surface area contributed by atoms with Gasteiger partial charge >= 0.3 is 0 Å². The third kappa shape index (κ3) is 3.10. The number of carbonyl (C=O) groups is 1. The average molecular weight is 353 g/mol. The van der Waals surface area contributed by atoms with E-state index in [4.69, 9.17) is 0 Å². The van der Waals surface area contributed by atoms with Gasteiger partial charge in [-0.25, -0.2) is 8.78 Å². The van der Waals surface area contributed by atoms with E-state index in [1.807, 2.05) is 6.92 Å². The van der Waals surface area contributed by atoms with Crippen LogP contribution in [0.1, 0.15) is 31.0 Å². The summed E-state index contributed by atoms with van der Waals surface area (Å²) in [7, 11) is 0. The number of amides is 1. The summed E-state index contributed by atoms with van der Waals surface area (Å²) in [5.41, 5.74) is 1.73. The Morgan fingerprint density at radius 1 is 1.19 bits per heavy atom. The summed E-state index contributed by atoms with van der Waals surface area (Å²) in [5.74, 6) is -0.969. The molecular weight excluding hydrogens is 336 g/mol. The zero-order valence-electron chi connectivity index (χ0n) is 14.1. The van der Waals surface area contributed by atoms with Crippen molar-refractivity contribution in [1.29, 1.82) is 0 Å². The zero-order valence-corrected chi connectivity index (χ0v) is 14.1. The van der Waals surface area contributed by atoms with Crippen molar-refractivity contribution >= 4 is 34.6 Å². The molecule has 0 aliphatic heterocycles. The molecule has 1 amide bonds. The molecule has 1 aromatic heterocycles. The Morgan fingerprint density at radius 2 is 1.92 bits per heavy atom. The summed E-state index contributed by atoms with van der Waals surface area (Å²) in [6, 6.07) is 8.98. The van der Waals surface area contributed by atoms with E-state index in [2.05, 4.69) is 15.5 Å². The quantitative estimate of drug-likeness (QED) is 0.711. The van der Waals surface area contributed by atoms with Crippen LogP contribution >= 0.6 is 0 Å². The highest BCUT2D eigenvalue weighted by Gasteiger charge is 2.45. The predicted octanol–water partition coefficient (Wildman–Crippen LogP) is 4.75. The van der Waals surface area contributed by atoms with Gasteiger partial charge in [-0.15, -0.1) is 0 Å². The smallest absolute Gasteiger partial charge is 0.230 e. The fourth-order valence-electron chi connectivity index (χ4n) is 2.72. The summed E-state index contributed by atoms with van der Waals surface area (Å²) >= 11 is 0. The van der Waals surface area contributed by atoms with E-state index in [0.717, 1.165) is 18.4 Å². The van der Waals surface area contributed by atoms with Crippen molar-refractivity contribution < 1.29 is 13.6 Å². The van der Waals surface area contributed by atoms with E-state index >= 15 is 0 Å². The molecular formula is C20H17F2N3O. The van der Waals surface area contributed by atoms with Gasteiger partial charge < -0.3 is 5.32 Å². The number of fused-ring (bicyclic) bond motifs is 1. The van der Waals surface area contributed by atoms with Gasteiger partial charge in [0.05, 0.1) is 16.9 Å². The molecule has 0 spiro atoms. The molecule has 1 fully saturated rings. The number of H-pyrrole nitrogens is 1. The van der Waals surface area contributed by atoms with Crippen LogP contribution in [0, 0.1) is 17.0 Å². The summed E-state index contributed by atoms with van der Waals surface area (Å²) < 4.78 is 27.2. The van der Waals surface area contributed by atoms with E-state index in [-0.39, 0.29) is 22.8 Å². The van der Waals surface area contributed by atoms with Gasteiger partial charge in [-0.05, 0) is 42.7 Å². The lowest BCUT2D eigenvalue weighted by molar-refractivity contribution is -0.120. The lowest BCUT2D eigenvalue weighted by Crippen LogP contribution is -2.21. The van der Waals surface area contributed by atoms with E-state index in [9.17, 15) is 13.6 Å². The number of aromatic nitrogens is 2. The maximum absolute atomic E-state index is 14.3. The summed E-state index contributed by atoms with van der Waals surface area (Å²) in [5, 5.41) is 10.3. The summed E-state index contributed by atoms with van der Waals surface area (Å²) in [4.78, 5) is 12.2. The fraction of sp³-hybridized carbons (Fsp3) is 0.200. The first kappa shape index (κ1) is 16.4. The molecule has 6 heteroatoms. The van der Waals surface area contributed by atoms with Gasteiger partial charge in [0.1, 0.15) is 11.6 Å². The van der Waals surface area contributed by atoms with Crippen molar-refractivity contribution in [2.24, 2.45) is 5.41 Å². The number of aromatic amines is 1. The Bertz CT molecular complexity index is 1020. The molecule has 1 saturated carbocycles. The van der Waals surface area contributed by atoms with Crippen molar-refractivity contribution in [3.05, 3.63) is 59.3 Å². The molecule has 4 nitrogen and oxygen atoms in total. The predicted molar refractivity (Wildman–Crippen MR) is 97.4 cm³/mol. The van der Waals surface area contributed by atoms with Gasteiger partial charge in [-0.2, -0.15) is 5.10 Å². The molecule has 4 rings (SSSR count). The number of hydrogen-bond donors (Lipinski definition) is 2. The second-order valence-corrected chi connectivity index (χ2v) is 6.89. The Labute approximate surface area is 148 Å². The minimum atomic E-state index is -0.507. The third-order valence-electron chi connectivity index (χ3n) is 4.78. The van der Waals surface area contributed by atoms with Crippen LogP contribution in [0.4, 0.5) is 14.5 Å². The van der Waals surface area contributed by atoms with Crippen LogP contribution in [0.15, 0.2) is 36.4 Å². The number of nitrogens with zero attached hydrogens (tertiary/aromatic N) is 1. The van der Waals surface area contributed by atoms with Crippen molar-refractivity contribution in [2.45, 2.75) is 19.8 Å². The molecule has 2 aromatic carbocycles. The van der Waals surface area contributed by atoms with Crippen LogP contribution in [0.25, 0.3) is 23.1 Å². The number of rotatable bonds is 4. The van der Waals surface area contributed by atoms with E-state index in [1.165, 1.54) is 18.2 Å². The molecule has 26 heavy (non-hydrogen) atoms. The molecule has 0 radical (unpaired) electrons.